The van der Waals surface area contributed by atoms with Gasteiger partial charge in [0, 0.05) is 18.2 Å². The standard InChI is InChI=1S/C20H21N3O3S/c1-14(15-7-4-3-5-8-15)11-19-22-23-20(26-19)27-13-18(24)21-16-9-6-10-17(12-16)25-2/h3-10,12,14H,11,13H2,1-2H3,(H,21,24). The summed E-state index contributed by atoms with van der Waals surface area (Å²) in [7, 11) is 1.59. The largest absolute Gasteiger partial charge is 0.497 e. The highest BCUT2D eigenvalue weighted by Gasteiger charge is 2.14. The Labute approximate surface area is 162 Å². The van der Waals surface area contributed by atoms with Gasteiger partial charge in [0.2, 0.25) is 11.8 Å². The first-order valence-corrected chi connectivity index (χ1v) is 9.56. The lowest BCUT2D eigenvalue weighted by atomic mass is 9.98. The molecule has 0 saturated heterocycles. The number of methoxy groups -OCH3 is 1. The molecule has 7 heteroatoms. The highest BCUT2D eigenvalue weighted by atomic mass is 32.2. The summed E-state index contributed by atoms with van der Waals surface area (Å²) in [4.78, 5) is 12.1. The number of rotatable bonds is 8. The Morgan fingerprint density at radius 1 is 1.19 bits per heavy atom. The molecule has 3 rings (SSSR count). The zero-order valence-corrected chi connectivity index (χ0v) is 16.0. The van der Waals surface area contributed by atoms with Crippen molar-refractivity contribution < 1.29 is 13.9 Å². The van der Waals surface area contributed by atoms with Crippen LogP contribution in [0.2, 0.25) is 0 Å². The van der Waals surface area contributed by atoms with E-state index in [-0.39, 0.29) is 17.6 Å². The summed E-state index contributed by atoms with van der Waals surface area (Å²) >= 11 is 1.22. The van der Waals surface area contributed by atoms with Crippen molar-refractivity contribution in [2.24, 2.45) is 0 Å². The fourth-order valence-corrected chi connectivity index (χ4v) is 3.15. The van der Waals surface area contributed by atoms with E-state index in [0.29, 0.717) is 29.0 Å². The average Bonchev–Trinajstić information content (AvgIpc) is 3.14. The number of anilines is 1. The summed E-state index contributed by atoms with van der Waals surface area (Å²) < 4.78 is 10.8. The van der Waals surface area contributed by atoms with Crippen molar-refractivity contribution in [3.05, 3.63) is 66.1 Å². The predicted molar refractivity (Wildman–Crippen MR) is 105 cm³/mol. The number of carbonyl (C=O) groups is 1. The van der Waals surface area contributed by atoms with Gasteiger partial charge in [-0.1, -0.05) is 55.1 Å². The molecule has 3 aromatic rings. The Hall–Kier alpha value is -2.80. The molecule has 1 aromatic heterocycles. The van der Waals surface area contributed by atoms with Crippen molar-refractivity contribution in [1.82, 2.24) is 10.2 Å². The number of ether oxygens (including phenoxy) is 1. The maximum atomic E-state index is 12.1. The van der Waals surface area contributed by atoms with Gasteiger partial charge < -0.3 is 14.5 Å². The number of hydrogen-bond donors (Lipinski definition) is 1. The summed E-state index contributed by atoms with van der Waals surface area (Å²) in [6, 6.07) is 17.4. The van der Waals surface area contributed by atoms with E-state index in [0.717, 1.165) is 0 Å². The number of aromatic nitrogens is 2. The van der Waals surface area contributed by atoms with Gasteiger partial charge in [-0.2, -0.15) is 0 Å². The summed E-state index contributed by atoms with van der Waals surface area (Å²) in [6.45, 7) is 2.12. The van der Waals surface area contributed by atoms with Crippen LogP contribution in [0.25, 0.3) is 0 Å². The van der Waals surface area contributed by atoms with Crippen molar-refractivity contribution in [3.63, 3.8) is 0 Å². The van der Waals surface area contributed by atoms with Gasteiger partial charge in [-0.3, -0.25) is 4.79 Å². The number of nitrogens with one attached hydrogen (secondary N) is 1. The summed E-state index contributed by atoms with van der Waals surface area (Å²) in [5.74, 6) is 1.58. The van der Waals surface area contributed by atoms with E-state index < -0.39 is 0 Å². The van der Waals surface area contributed by atoms with Gasteiger partial charge >= 0.3 is 0 Å². The van der Waals surface area contributed by atoms with E-state index in [4.69, 9.17) is 9.15 Å². The quantitative estimate of drug-likeness (QED) is 0.589. The molecule has 0 spiro atoms. The molecular weight excluding hydrogens is 362 g/mol. The van der Waals surface area contributed by atoms with Crippen molar-refractivity contribution in [2.45, 2.75) is 24.5 Å². The van der Waals surface area contributed by atoms with E-state index in [1.807, 2.05) is 30.3 Å². The minimum Gasteiger partial charge on any atom is -0.497 e. The first kappa shape index (κ1) is 19.0. The number of nitrogens with zero attached hydrogens (tertiary/aromatic N) is 2. The summed E-state index contributed by atoms with van der Waals surface area (Å²) in [5, 5.41) is 11.3. The Bertz CT molecular complexity index is 883. The molecule has 1 heterocycles. The number of carbonyl (C=O) groups excluding carboxylic acids is 1. The lowest BCUT2D eigenvalue weighted by Gasteiger charge is -2.08. The van der Waals surface area contributed by atoms with Crippen LogP contribution in [0.4, 0.5) is 5.69 Å². The van der Waals surface area contributed by atoms with E-state index in [9.17, 15) is 4.79 Å². The highest BCUT2D eigenvalue weighted by Crippen LogP contribution is 2.23. The fourth-order valence-electron chi connectivity index (χ4n) is 2.57. The Morgan fingerprint density at radius 3 is 2.78 bits per heavy atom. The Morgan fingerprint density at radius 2 is 2.00 bits per heavy atom. The third kappa shape index (κ3) is 5.59. The fraction of sp³-hybridized carbons (Fsp3) is 0.250. The molecule has 27 heavy (non-hydrogen) atoms. The van der Waals surface area contributed by atoms with E-state index in [2.05, 4.69) is 34.6 Å². The van der Waals surface area contributed by atoms with Crippen LogP contribution in [-0.2, 0) is 11.2 Å². The van der Waals surface area contributed by atoms with Crippen LogP contribution in [0.1, 0.15) is 24.3 Å². The van der Waals surface area contributed by atoms with Gasteiger partial charge in [-0.25, -0.2) is 0 Å². The van der Waals surface area contributed by atoms with E-state index >= 15 is 0 Å². The first-order chi connectivity index (χ1) is 13.1. The molecule has 1 N–H and O–H groups in total. The first-order valence-electron chi connectivity index (χ1n) is 8.58. The summed E-state index contributed by atoms with van der Waals surface area (Å²) in [5.41, 5.74) is 1.91. The molecule has 1 atom stereocenters. The highest BCUT2D eigenvalue weighted by molar-refractivity contribution is 7.99. The lowest BCUT2D eigenvalue weighted by molar-refractivity contribution is -0.113. The number of benzene rings is 2. The van der Waals surface area contributed by atoms with E-state index in [1.165, 1.54) is 17.3 Å². The second kappa shape index (κ2) is 9.23. The third-order valence-corrected chi connectivity index (χ3v) is 4.80. The number of thioether (sulfide) groups is 1. The Balaban J connectivity index is 1.49. The maximum Gasteiger partial charge on any atom is 0.277 e. The molecule has 0 radical (unpaired) electrons. The Kier molecular flexibility index (Phi) is 6.49. The zero-order valence-electron chi connectivity index (χ0n) is 15.2. The molecule has 1 unspecified atom stereocenters. The van der Waals surface area contributed by atoms with Crippen LogP contribution >= 0.6 is 11.8 Å². The van der Waals surface area contributed by atoms with Crippen LogP contribution in [0.5, 0.6) is 5.75 Å². The molecular formula is C20H21N3O3S. The van der Waals surface area contributed by atoms with Gasteiger partial charge in [0.05, 0.1) is 12.9 Å². The normalized spacial score (nSPS) is 11.8. The van der Waals surface area contributed by atoms with Crippen molar-refractivity contribution in [1.29, 1.82) is 0 Å². The topological polar surface area (TPSA) is 77.2 Å². The van der Waals surface area contributed by atoms with Gasteiger partial charge in [0.1, 0.15) is 5.75 Å². The second-order valence-corrected chi connectivity index (χ2v) is 6.97. The molecule has 0 bridgehead atoms. The smallest absolute Gasteiger partial charge is 0.277 e. The lowest BCUT2D eigenvalue weighted by Crippen LogP contribution is -2.13. The van der Waals surface area contributed by atoms with Gasteiger partial charge in [0.15, 0.2) is 0 Å². The molecule has 0 aliphatic rings. The van der Waals surface area contributed by atoms with Crippen LogP contribution in [0, 0.1) is 0 Å². The molecule has 1 amide bonds. The average molecular weight is 383 g/mol. The molecule has 2 aromatic carbocycles. The predicted octanol–water partition coefficient (Wildman–Crippen LogP) is 4.16. The third-order valence-electron chi connectivity index (χ3n) is 3.98. The van der Waals surface area contributed by atoms with Gasteiger partial charge in [-0.15, -0.1) is 10.2 Å². The molecule has 0 aliphatic carbocycles. The van der Waals surface area contributed by atoms with Gasteiger partial charge in [0.25, 0.3) is 5.22 Å². The molecule has 0 aliphatic heterocycles. The number of hydrogen-bond acceptors (Lipinski definition) is 6. The number of amides is 1. The van der Waals surface area contributed by atoms with Crippen LogP contribution in [0.15, 0.2) is 64.2 Å². The summed E-state index contributed by atoms with van der Waals surface area (Å²) in [6.07, 6.45) is 0.660. The van der Waals surface area contributed by atoms with Crippen molar-refractivity contribution >= 4 is 23.4 Å². The minimum absolute atomic E-state index is 0.148. The zero-order chi connectivity index (χ0) is 19.1. The molecule has 0 saturated carbocycles. The molecule has 0 fully saturated rings. The second-order valence-electron chi connectivity index (χ2n) is 6.05. The minimum atomic E-state index is -0.148. The van der Waals surface area contributed by atoms with Crippen LogP contribution < -0.4 is 10.1 Å². The maximum absolute atomic E-state index is 12.1. The molecule has 140 valence electrons. The van der Waals surface area contributed by atoms with Crippen molar-refractivity contribution in [2.75, 3.05) is 18.2 Å². The van der Waals surface area contributed by atoms with Gasteiger partial charge in [-0.05, 0) is 23.6 Å². The van der Waals surface area contributed by atoms with Crippen molar-refractivity contribution in [3.8, 4) is 5.75 Å². The van der Waals surface area contributed by atoms with Crippen LogP contribution in [0.3, 0.4) is 0 Å². The SMILES string of the molecule is COc1cccc(NC(=O)CSc2nnc(CC(C)c3ccccc3)o2)c1. The molecule has 6 nitrogen and oxygen atoms in total. The van der Waals surface area contributed by atoms with E-state index in [1.54, 1.807) is 19.2 Å². The van der Waals surface area contributed by atoms with Crippen LogP contribution in [-0.4, -0.2) is 29.0 Å². The monoisotopic (exact) mass is 383 g/mol.